The first-order valence-corrected chi connectivity index (χ1v) is 5.99. The molecule has 0 bridgehead atoms. The molecule has 0 saturated heterocycles. The molecule has 0 aromatic heterocycles. The Labute approximate surface area is 98.4 Å². The van der Waals surface area contributed by atoms with Gasteiger partial charge >= 0.3 is 0 Å². The van der Waals surface area contributed by atoms with Gasteiger partial charge in [0, 0.05) is 20.0 Å². The second kappa shape index (κ2) is 8.13. The van der Waals surface area contributed by atoms with Crippen LogP contribution in [0.1, 0.15) is 40.5 Å². The van der Waals surface area contributed by atoms with Crippen LogP contribution in [0.2, 0.25) is 0 Å². The monoisotopic (exact) mass is 228 g/mol. The van der Waals surface area contributed by atoms with Crippen molar-refractivity contribution >= 4 is 11.8 Å². The van der Waals surface area contributed by atoms with Crippen LogP contribution in [0, 0.1) is 5.92 Å². The summed E-state index contributed by atoms with van der Waals surface area (Å²) in [5.41, 5.74) is 0. The lowest BCUT2D eigenvalue weighted by Gasteiger charge is -2.20. The topological polar surface area (TPSA) is 49.4 Å². The second-order valence-electron chi connectivity index (χ2n) is 4.49. The molecule has 0 aliphatic carbocycles. The Kier molecular flexibility index (Phi) is 7.60. The highest BCUT2D eigenvalue weighted by atomic mass is 16.2. The van der Waals surface area contributed by atoms with E-state index in [0.29, 0.717) is 19.0 Å². The molecule has 4 nitrogen and oxygen atoms in total. The van der Waals surface area contributed by atoms with Crippen LogP contribution in [-0.2, 0) is 9.59 Å². The van der Waals surface area contributed by atoms with Gasteiger partial charge in [-0.3, -0.25) is 9.59 Å². The van der Waals surface area contributed by atoms with Crippen LogP contribution in [0.25, 0.3) is 0 Å². The third-order valence-corrected chi connectivity index (χ3v) is 2.27. The van der Waals surface area contributed by atoms with Gasteiger partial charge in [-0.1, -0.05) is 27.2 Å². The molecule has 1 N–H and O–H groups in total. The van der Waals surface area contributed by atoms with Crippen LogP contribution in [-0.4, -0.2) is 36.3 Å². The molecule has 0 aliphatic heterocycles. The Bertz CT molecular complexity index is 227. The van der Waals surface area contributed by atoms with Crippen molar-refractivity contribution in [3.63, 3.8) is 0 Å². The van der Waals surface area contributed by atoms with Gasteiger partial charge in [0.15, 0.2) is 0 Å². The van der Waals surface area contributed by atoms with Crippen LogP contribution in [0.4, 0.5) is 0 Å². The van der Waals surface area contributed by atoms with E-state index in [2.05, 4.69) is 12.2 Å². The number of carbonyl (C=O) groups is 2. The van der Waals surface area contributed by atoms with Gasteiger partial charge in [0.05, 0.1) is 6.54 Å². The first kappa shape index (κ1) is 14.9. The SMILES string of the molecule is CCCCN(CC(=O)NCC(C)C)C(C)=O. The Morgan fingerprint density at radius 2 is 1.94 bits per heavy atom. The third kappa shape index (κ3) is 7.26. The van der Waals surface area contributed by atoms with Gasteiger partial charge in [0.25, 0.3) is 0 Å². The second-order valence-corrected chi connectivity index (χ2v) is 4.49. The molecule has 0 spiro atoms. The first-order chi connectivity index (χ1) is 7.47. The fourth-order valence-corrected chi connectivity index (χ4v) is 1.24. The van der Waals surface area contributed by atoms with Crippen LogP contribution in [0.3, 0.4) is 0 Å². The number of carbonyl (C=O) groups excluding carboxylic acids is 2. The Morgan fingerprint density at radius 1 is 1.31 bits per heavy atom. The number of rotatable bonds is 7. The summed E-state index contributed by atoms with van der Waals surface area (Å²) in [6.07, 6.45) is 1.97. The van der Waals surface area contributed by atoms with Crippen molar-refractivity contribution in [3.05, 3.63) is 0 Å². The van der Waals surface area contributed by atoms with Crippen molar-refractivity contribution in [3.8, 4) is 0 Å². The highest BCUT2D eigenvalue weighted by Crippen LogP contribution is 1.96. The molecular weight excluding hydrogens is 204 g/mol. The van der Waals surface area contributed by atoms with Crippen molar-refractivity contribution in [2.45, 2.75) is 40.5 Å². The number of nitrogens with zero attached hydrogens (tertiary/aromatic N) is 1. The van der Waals surface area contributed by atoms with E-state index in [1.165, 1.54) is 6.92 Å². The van der Waals surface area contributed by atoms with Gasteiger partial charge in [0.1, 0.15) is 0 Å². The van der Waals surface area contributed by atoms with E-state index in [0.717, 1.165) is 12.8 Å². The molecule has 16 heavy (non-hydrogen) atoms. The Balaban J connectivity index is 3.98. The summed E-state index contributed by atoms with van der Waals surface area (Å²) in [4.78, 5) is 24.4. The summed E-state index contributed by atoms with van der Waals surface area (Å²) in [5, 5.41) is 2.81. The molecule has 0 radical (unpaired) electrons. The summed E-state index contributed by atoms with van der Waals surface area (Å²) >= 11 is 0. The fourth-order valence-electron chi connectivity index (χ4n) is 1.24. The number of hydrogen-bond acceptors (Lipinski definition) is 2. The summed E-state index contributed by atoms with van der Waals surface area (Å²) < 4.78 is 0. The van der Waals surface area contributed by atoms with Crippen LogP contribution >= 0.6 is 0 Å². The lowest BCUT2D eigenvalue weighted by Crippen LogP contribution is -2.41. The number of nitrogens with one attached hydrogen (secondary N) is 1. The van der Waals surface area contributed by atoms with Crippen LogP contribution < -0.4 is 5.32 Å². The lowest BCUT2D eigenvalue weighted by atomic mass is 10.2. The van der Waals surface area contributed by atoms with Crippen molar-refractivity contribution in [2.75, 3.05) is 19.6 Å². The smallest absolute Gasteiger partial charge is 0.239 e. The summed E-state index contributed by atoms with van der Waals surface area (Å²) in [7, 11) is 0. The molecule has 4 heteroatoms. The normalized spacial score (nSPS) is 10.3. The quantitative estimate of drug-likeness (QED) is 0.716. The van der Waals surface area contributed by atoms with Gasteiger partial charge < -0.3 is 10.2 Å². The maximum atomic E-state index is 11.5. The van der Waals surface area contributed by atoms with Crippen molar-refractivity contribution in [1.82, 2.24) is 10.2 Å². The Morgan fingerprint density at radius 3 is 2.38 bits per heavy atom. The molecule has 0 saturated carbocycles. The van der Waals surface area contributed by atoms with E-state index < -0.39 is 0 Å². The average molecular weight is 228 g/mol. The Hall–Kier alpha value is -1.06. The lowest BCUT2D eigenvalue weighted by molar-refractivity contribution is -0.134. The van der Waals surface area contributed by atoms with Crippen LogP contribution in [0.15, 0.2) is 0 Å². The third-order valence-electron chi connectivity index (χ3n) is 2.27. The van der Waals surface area contributed by atoms with Crippen molar-refractivity contribution in [1.29, 1.82) is 0 Å². The molecule has 0 atom stereocenters. The van der Waals surface area contributed by atoms with E-state index in [1.807, 2.05) is 13.8 Å². The first-order valence-electron chi connectivity index (χ1n) is 5.99. The highest BCUT2D eigenvalue weighted by molar-refractivity contribution is 5.83. The molecule has 2 amide bonds. The zero-order chi connectivity index (χ0) is 12.6. The van der Waals surface area contributed by atoms with Crippen LogP contribution in [0.5, 0.6) is 0 Å². The van der Waals surface area contributed by atoms with Gasteiger partial charge in [-0.2, -0.15) is 0 Å². The van der Waals surface area contributed by atoms with E-state index in [9.17, 15) is 9.59 Å². The molecule has 0 rings (SSSR count). The molecule has 0 aromatic carbocycles. The molecular formula is C12H24N2O2. The predicted octanol–water partition coefficient (Wildman–Crippen LogP) is 1.41. The maximum Gasteiger partial charge on any atom is 0.239 e. The summed E-state index contributed by atoms with van der Waals surface area (Å²) in [5.74, 6) is 0.332. The van der Waals surface area contributed by atoms with Crippen molar-refractivity contribution < 1.29 is 9.59 Å². The number of hydrogen-bond donors (Lipinski definition) is 1. The molecule has 0 aliphatic rings. The van der Waals surface area contributed by atoms with Gasteiger partial charge in [-0.05, 0) is 12.3 Å². The highest BCUT2D eigenvalue weighted by Gasteiger charge is 2.12. The largest absolute Gasteiger partial charge is 0.354 e. The zero-order valence-electron chi connectivity index (χ0n) is 10.9. The maximum absolute atomic E-state index is 11.5. The van der Waals surface area contributed by atoms with Gasteiger partial charge in [0.2, 0.25) is 11.8 Å². The van der Waals surface area contributed by atoms with Crippen molar-refractivity contribution in [2.24, 2.45) is 5.92 Å². The van der Waals surface area contributed by atoms with Gasteiger partial charge in [-0.25, -0.2) is 0 Å². The van der Waals surface area contributed by atoms with E-state index in [4.69, 9.17) is 0 Å². The minimum absolute atomic E-state index is 0.0341. The average Bonchev–Trinajstić information content (AvgIpc) is 2.20. The molecule has 0 aromatic rings. The molecule has 0 heterocycles. The van der Waals surface area contributed by atoms with E-state index in [-0.39, 0.29) is 18.4 Å². The van der Waals surface area contributed by atoms with Gasteiger partial charge in [-0.15, -0.1) is 0 Å². The minimum atomic E-state index is -0.0694. The predicted molar refractivity (Wildman–Crippen MR) is 65.0 cm³/mol. The number of amides is 2. The molecule has 94 valence electrons. The summed E-state index contributed by atoms with van der Waals surface area (Å²) in [6, 6.07) is 0. The summed E-state index contributed by atoms with van der Waals surface area (Å²) in [6.45, 7) is 9.17. The minimum Gasteiger partial charge on any atom is -0.354 e. The molecule has 0 fully saturated rings. The number of unbranched alkanes of at least 4 members (excludes halogenated alkanes) is 1. The standard InChI is InChI=1S/C12H24N2O2/c1-5-6-7-14(11(4)15)9-12(16)13-8-10(2)3/h10H,5-9H2,1-4H3,(H,13,16). The van der Waals surface area contributed by atoms with E-state index >= 15 is 0 Å². The zero-order valence-corrected chi connectivity index (χ0v) is 10.9. The molecule has 0 unspecified atom stereocenters. The van der Waals surface area contributed by atoms with E-state index in [1.54, 1.807) is 4.90 Å². The fraction of sp³-hybridized carbons (Fsp3) is 0.833.